The second kappa shape index (κ2) is 5.52. The molecule has 0 aromatic heterocycles. The van der Waals surface area contributed by atoms with E-state index in [1.165, 1.54) is 0 Å². The van der Waals surface area contributed by atoms with Gasteiger partial charge >= 0.3 is 5.97 Å². The lowest BCUT2D eigenvalue weighted by molar-refractivity contribution is -0.141. The first-order valence-electron chi connectivity index (χ1n) is 4.94. The van der Waals surface area contributed by atoms with Crippen molar-refractivity contribution in [3.8, 4) is 0 Å². The minimum absolute atomic E-state index is 0.324. The van der Waals surface area contributed by atoms with Gasteiger partial charge in [-0.3, -0.25) is 4.79 Å². The highest BCUT2D eigenvalue weighted by Gasteiger charge is 2.21. The lowest BCUT2D eigenvalue weighted by Crippen LogP contribution is -2.41. The van der Waals surface area contributed by atoms with Gasteiger partial charge in [0.1, 0.15) is 11.9 Å². The van der Waals surface area contributed by atoms with Gasteiger partial charge in [-0.25, -0.2) is 18.0 Å². The summed E-state index contributed by atoms with van der Waals surface area (Å²) in [6, 6.07) is -0.499. The predicted octanol–water partition coefficient (Wildman–Crippen LogP) is 1.24. The molecule has 0 aliphatic rings. The fourth-order valence-electron chi connectivity index (χ4n) is 1.39. The average molecular weight is 261 g/mol. The van der Waals surface area contributed by atoms with Crippen molar-refractivity contribution < 1.29 is 27.9 Å². The minimum atomic E-state index is -1.40. The van der Waals surface area contributed by atoms with E-state index in [9.17, 15) is 22.8 Å². The van der Waals surface area contributed by atoms with Crippen LogP contribution in [0.3, 0.4) is 0 Å². The molecular formula is C11H10F3NO3. The van der Waals surface area contributed by atoms with Gasteiger partial charge in [0.05, 0.1) is 0 Å². The van der Waals surface area contributed by atoms with Gasteiger partial charge in [0.2, 0.25) is 5.91 Å². The molecular weight excluding hydrogens is 251 g/mol. The van der Waals surface area contributed by atoms with Gasteiger partial charge in [0.25, 0.3) is 0 Å². The van der Waals surface area contributed by atoms with Gasteiger partial charge in [-0.2, -0.15) is 0 Å². The maximum Gasteiger partial charge on any atom is 0.326 e. The second-order valence-electron chi connectivity index (χ2n) is 3.65. The van der Waals surface area contributed by atoms with Crippen LogP contribution in [0.25, 0.3) is 0 Å². The topological polar surface area (TPSA) is 66.4 Å². The van der Waals surface area contributed by atoms with Crippen molar-refractivity contribution in [2.75, 3.05) is 0 Å². The van der Waals surface area contributed by atoms with Crippen molar-refractivity contribution in [3.63, 3.8) is 0 Å². The van der Waals surface area contributed by atoms with E-state index in [1.807, 2.05) is 0 Å². The van der Waals surface area contributed by atoms with Gasteiger partial charge in [0.15, 0.2) is 11.6 Å². The van der Waals surface area contributed by atoms with Gasteiger partial charge < -0.3 is 10.4 Å². The van der Waals surface area contributed by atoms with Crippen LogP contribution in [0.15, 0.2) is 12.1 Å². The molecule has 0 saturated heterocycles. The first-order chi connectivity index (χ1) is 8.31. The number of carboxylic acid groups (broad SMARTS) is 1. The largest absolute Gasteiger partial charge is 0.480 e. The molecule has 0 bridgehead atoms. The maximum absolute atomic E-state index is 13.3. The van der Waals surface area contributed by atoms with Crippen LogP contribution < -0.4 is 5.32 Å². The molecule has 0 heterocycles. The van der Waals surface area contributed by atoms with Gasteiger partial charge in [0, 0.05) is 19.4 Å². The molecule has 0 aliphatic carbocycles. The van der Waals surface area contributed by atoms with E-state index in [4.69, 9.17) is 5.11 Å². The highest BCUT2D eigenvalue weighted by molar-refractivity contribution is 5.82. The van der Waals surface area contributed by atoms with Crippen LogP contribution in [0.5, 0.6) is 0 Å². The molecule has 1 aromatic carbocycles. The molecule has 7 heteroatoms. The first-order valence-corrected chi connectivity index (χ1v) is 4.94. The van der Waals surface area contributed by atoms with E-state index in [2.05, 4.69) is 5.32 Å². The van der Waals surface area contributed by atoms with Crippen LogP contribution in [0, 0.1) is 17.5 Å². The molecule has 0 aliphatic heterocycles. The number of amides is 1. The molecule has 0 unspecified atom stereocenters. The van der Waals surface area contributed by atoms with Crippen molar-refractivity contribution >= 4 is 11.9 Å². The lowest BCUT2D eigenvalue weighted by atomic mass is 10.0. The van der Waals surface area contributed by atoms with Crippen molar-refractivity contribution in [2.45, 2.75) is 19.4 Å². The zero-order valence-corrected chi connectivity index (χ0v) is 9.34. The average Bonchev–Trinajstić information content (AvgIpc) is 2.23. The Morgan fingerprint density at radius 2 is 1.78 bits per heavy atom. The molecule has 4 nitrogen and oxygen atoms in total. The van der Waals surface area contributed by atoms with Crippen LogP contribution in [0.4, 0.5) is 13.2 Å². The van der Waals surface area contributed by atoms with Crippen molar-refractivity contribution in [1.82, 2.24) is 5.32 Å². The summed E-state index contributed by atoms with van der Waals surface area (Å²) in [6.07, 6.45) is -0.474. The van der Waals surface area contributed by atoms with Crippen LogP contribution in [-0.4, -0.2) is 23.0 Å². The number of nitrogens with one attached hydrogen (secondary N) is 1. The zero-order valence-electron chi connectivity index (χ0n) is 9.34. The molecule has 98 valence electrons. The van der Waals surface area contributed by atoms with E-state index >= 15 is 0 Å². The number of carboxylic acids is 1. The Hall–Kier alpha value is -2.05. The summed E-state index contributed by atoms with van der Waals surface area (Å²) in [6.45, 7) is 1.09. The second-order valence-corrected chi connectivity index (χ2v) is 3.65. The van der Waals surface area contributed by atoms with Crippen molar-refractivity contribution in [1.29, 1.82) is 0 Å². The molecule has 1 rings (SSSR count). The monoisotopic (exact) mass is 261 g/mol. The van der Waals surface area contributed by atoms with Gasteiger partial charge in [-0.05, 0) is 11.6 Å². The van der Waals surface area contributed by atoms with Crippen molar-refractivity contribution in [3.05, 3.63) is 35.1 Å². The Morgan fingerprint density at radius 1 is 1.22 bits per heavy atom. The van der Waals surface area contributed by atoms with E-state index in [0.717, 1.165) is 6.92 Å². The molecule has 18 heavy (non-hydrogen) atoms. The number of rotatable bonds is 4. The van der Waals surface area contributed by atoms with E-state index < -0.39 is 41.8 Å². The number of carbonyl (C=O) groups is 2. The smallest absolute Gasteiger partial charge is 0.326 e. The van der Waals surface area contributed by atoms with Crippen LogP contribution in [-0.2, 0) is 16.0 Å². The molecule has 1 atom stereocenters. The first kappa shape index (κ1) is 14.0. The highest BCUT2D eigenvalue weighted by Crippen LogP contribution is 2.15. The molecule has 0 spiro atoms. The van der Waals surface area contributed by atoms with Crippen LogP contribution >= 0.6 is 0 Å². The molecule has 1 amide bonds. The molecule has 0 saturated carbocycles. The summed E-state index contributed by atoms with van der Waals surface area (Å²) in [5, 5.41) is 10.9. The lowest BCUT2D eigenvalue weighted by Gasteiger charge is -2.13. The predicted molar refractivity (Wildman–Crippen MR) is 55.3 cm³/mol. The Morgan fingerprint density at radius 3 is 2.28 bits per heavy atom. The maximum atomic E-state index is 13.3. The Kier molecular flexibility index (Phi) is 4.30. The number of hydrogen-bond acceptors (Lipinski definition) is 2. The van der Waals surface area contributed by atoms with Crippen LogP contribution in [0.2, 0.25) is 0 Å². The number of carbonyl (C=O) groups excluding carboxylic acids is 1. The number of hydrogen-bond donors (Lipinski definition) is 2. The van der Waals surface area contributed by atoms with Crippen LogP contribution in [0.1, 0.15) is 12.5 Å². The summed E-state index contributed by atoms with van der Waals surface area (Å²) >= 11 is 0. The Bertz CT molecular complexity index is 491. The fraction of sp³-hybridized carbons (Fsp3) is 0.273. The summed E-state index contributed by atoms with van der Waals surface area (Å²) < 4.78 is 38.8. The Balaban J connectivity index is 2.97. The summed E-state index contributed by atoms with van der Waals surface area (Å²) in [4.78, 5) is 21.6. The highest BCUT2D eigenvalue weighted by atomic mass is 19.2. The van der Waals surface area contributed by atoms with Crippen molar-refractivity contribution in [2.24, 2.45) is 0 Å². The third-order valence-electron chi connectivity index (χ3n) is 2.19. The minimum Gasteiger partial charge on any atom is -0.480 e. The molecule has 2 N–H and O–H groups in total. The normalized spacial score (nSPS) is 12.0. The number of benzene rings is 1. The molecule has 1 aromatic rings. The summed E-state index contributed by atoms with van der Waals surface area (Å²) in [5.74, 6) is -5.72. The quantitative estimate of drug-likeness (QED) is 0.801. The van der Waals surface area contributed by atoms with E-state index in [-0.39, 0.29) is 5.56 Å². The summed E-state index contributed by atoms with van der Waals surface area (Å²) in [5.41, 5.74) is -0.324. The van der Waals surface area contributed by atoms with Gasteiger partial charge in [-0.1, -0.05) is 0 Å². The third-order valence-corrected chi connectivity index (χ3v) is 2.19. The molecule has 0 fully saturated rings. The fourth-order valence-corrected chi connectivity index (χ4v) is 1.39. The standard InChI is InChI=1S/C11H10F3NO3/c1-5(16)15-10(11(17)18)3-6-2-8(13)9(14)4-7(6)12/h2,4,10H,3H2,1H3,(H,15,16)(H,17,18)/t10-/m0/s1. The van der Waals surface area contributed by atoms with E-state index in [0.29, 0.717) is 12.1 Å². The Labute approximate surface area is 100 Å². The SMILES string of the molecule is CC(=O)N[C@@H](Cc1cc(F)c(F)cc1F)C(=O)O. The number of halogens is 3. The van der Waals surface area contributed by atoms with Gasteiger partial charge in [-0.15, -0.1) is 0 Å². The molecule has 0 radical (unpaired) electrons. The summed E-state index contributed by atoms with van der Waals surface area (Å²) in [7, 11) is 0. The third kappa shape index (κ3) is 3.47. The number of aliphatic carboxylic acids is 1. The zero-order chi connectivity index (χ0) is 13.9. The van der Waals surface area contributed by atoms with E-state index in [1.54, 1.807) is 0 Å².